The molecule has 0 amide bonds. The van der Waals surface area contributed by atoms with Crippen LogP contribution in [0.5, 0.6) is 0 Å². The number of aromatic nitrogens is 3. The molecule has 2 aromatic heterocycles. The van der Waals surface area contributed by atoms with Crippen LogP contribution < -0.4 is 5.56 Å². The summed E-state index contributed by atoms with van der Waals surface area (Å²) >= 11 is 1.54. The lowest BCUT2D eigenvalue weighted by Crippen LogP contribution is -2.15. The maximum atomic E-state index is 12.2. The van der Waals surface area contributed by atoms with Gasteiger partial charge in [0.15, 0.2) is 0 Å². The van der Waals surface area contributed by atoms with Crippen LogP contribution in [-0.4, -0.2) is 14.6 Å². The topological polar surface area (TPSA) is 47.3 Å². The van der Waals surface area contributed by atoms with E-state index in [-0.39, 0.29) is 5.56 Å². The van der Waals surface area contributed by atoms with Crippen LogP contribution in [0.15, 0.2) is 29.1 Å². The van der Waals surface area contributed by atoms with E-state index in [4.69, 9.17) is 0 Å². The zero-order chi connectivity index (χ0) is 11.4. The molecule has 4 rings (SSSR count). The van der Waals surface area contributed by atoms with Gasteiger partial charge in [-0.05, 0) is 25.0 Å². The van der Waals surface area contributed by atoms with E-state index >= 15 is 0 Å². The Morgan fingerprint density at radius 2 is 2.12 bits per heavy atom. The minimum Gasteiger partial charge on any atom is -0.267 e. The Kier molecular flexibility index (Phi) is 1.71. The van der Waals surface area contributed by atoms with Crippen molar-refractivity contribution >= 4 is 27.2 Å². The van der Waals surface area contributed by atoms with Gasteiger partial charge in [0, 0.05) is 5.92 Å². The molecule has 0 spiro atoms. The van der Waals surface area contributed by atoms with Crippen molar-refractivity contribution in [3.8, 4) is 0 Å². The molecule has 2 heterocycles. The molecule has 1 aromatic carbocycles. The van der Waals surface area contributed by atoms with Crippen LogP contribution in [0.1, 0.15) is 23.8 Å². The molecule has 0 atom stereocenters. The van der Waals surface area contributed by atoms with Gasteiger partial charge < -0.3 is 0 Å². The van der Waals surface area contributed by atoms with E-state index in [1.54, 1.807) is 6.07 Å². The van der Waals surface area contributed by atoms with Gasteiger partial charge in [-0.2, -0.15) is 9.61 Å². The molecule has 0 bridgehead atoms. The molecule has 84 valence electrons. The molecule has 1 aliphatic rings. The highest BCUT2D eigenvalue weighted by Crippen LogP contribution is 2.41. The monoisotopic (exact) mass is 243 g/mol. The van der Waals surface area contributed by atoms with Gasteiger partial charge in [-0.25, -0.2) is 4.98 Å². The number of fused-ring (bicyclic) bond motifs is 2. The van der Waals surface area contributed by atoms with Gasteiger partial charge in [-0.1, -0.05) is 23.5 Å². The normalized spacial score (nSPS) is 15.8. The number of hydrogen-bond donors (Lipinski definition) is 0. The van der Waals surface area contributed by atoms with E-state index in [0.717, 1.165) is 10.5 Å². The SMILES string of the molecule is O=c1c2ccccc2nc2sc(C3CC3)nn12. The van der Waals surface area contributed by atoms with E-state index < -0.39 is 0 Å². The first-order chi connectivity index (χ1) is 8.33. The van der Waals surface area contributed by atoms with Crippen molar-refractivity contribution in [3.63, 3.8) is 0 Å². The van der Waals surface area contributed by atoms with Crippen molar-refractivity contribution in [2.75, 3.05) is 0 Å². The highest BCUT2D eigenvalue weighted by atomic mass is 32.1. The molecule has 1 aliphatic carbocycles. The second-order valence-electron chi connectivity index (χ2n) is 4.34. The Morgan fingerprint density at radius 3 is 2.94 bits per heavy atom. The average Bonchev–Trinajstić information content (AvgIpc) is 3.11. The lowest BCUT2D eigenvalue weighted by molar-refractivity contribution is 0.866. The Bertz CT molecular complexity index is 785. The molecule has 3 aromatic rings. The smallest absolute Gasteiger partial charge is 0.267 e. The van der Waals surface area contributed by atoms with Gasteiger partial charge >= 0.3 is 0 Å². The molecule has 0 saturated heterocycles. The summed E-state index contributed by atoms with van der Waals surface area (Å²) in [7, 11) is 0. The fourth-order valence-electron chi connectivity index (χ4n) is 1.97. The molecule has 1 saturated carbocycles. The summed E-state index contributed by atoms with van der Waals surface area (Å²) < 4.78 is 1.45. The summed E-state index contributed by atoms with van der Waals surface area (Å²) in [5.41, 5.74) is 0.692. The van der Waals surface area contributed by atoms with E-state index in [1.165, 1.54) is 28.7 Å². The third-order valence-corrected chi connectivity index (χ3v) is 4.12. The standard InChI is InChI=1S/C12H9N3OS/c16-11-8-3-1-2-4-9(8)13-12-15(11)14-10(17-12)7-5-6-7/h1-4,7H,5-6H2. The third-order valence-electron chi connectivity index (χ3n) is 3.05. The molecule has 0 unspecified atom stereocenters. The van der Waals surface area contributed by atoms with Crippen LogP contribution in [0, 0.1) is 0 Å². The zero-order valence-corrected chi connectivity index (χ0v) is 9.78. The number of nitrogens with zero attached hydrogens (tertiary/aromatic N) is 3. The third kappa shape index (κ3) is 1.32. The zero-order valence-electron chi connectivity index (χ0n) is 8.96. The predicted octanol–water partition coefficient (Wildman–Crippen LogP) is 2.18. The van der Waals surface area contributed by atoms with Crippen molar-refractivity contribution in [2.24, 2.45) is 0 Å². The fraction of sp³-hybridized carbons (Fsp3) is 0.250. The molecule has 0 aliphatic heterocycles. The Morgan fingerprint density at radius 1 is 1.29 bits per heavy atom. The summed E-state index contributed by atoms with van der Waals surface area (Å²) in [6.07, 6.45) is 2.38. The van der Waals surface area contributed by atoms with Crippen LogP contribution in [0.3, 0.4) is 0 Å². The lowest BCUT2D eigenvalue weighted by Gasteiger charge is -1.95. The number of para-hydroxylation sites is 1. The van der Waals surface area contributed by atoms with Crippen molar-refractivity contribution in [2.45, 2.75) is 18.8 Å². The van der Waals surface area contributed by atoms with Gasteiger partial charge in [0.1, 0.15) is 5.01 Å². The van der Waals surface area contributed by atoms with Crippen molar-refractivity contribution < 1.29 is 0 Å². The summed E-state index contributed by atoms with van der Waals surface area (Å²) in [6.45, 7) is 0. The van der Waals surface area contributed by atoms with Crippen molar-refractivity contribution in [3.05, 3.63) is 39.6 Å². The predicted molar refractivity (Wildman–Crippen MR) is 66.6 cm³/mol. The molecule has 5 heteroatoms. The minimum atomic E-state index is -0.0613. The van der Waals surface area contributed by atoms with E-state index in [1.807, 2.05) is 18.2 Å². The molecule has 4 nitrogen and oxygen atoms in total. The van der Waals surface area contributed by atoms with Crippen molar-refractivity contribution in [1.82, 2.24) is 14.6 Å². The second kappa shape index (κ2) is 3.13. The van der Waals surface area contributed by atoms with Crippen LogP contribution in [0.2, 0.25) is 0 Å². The first-order valence-electron chi connectivity index (χ1n) is 5.61. The van der Waals surface area contributed by atoms with Gasteiger partial charge in [-0.3, -0.25) is 4.79 Å². The van der Waals surface area contributed by atoms with Crippen LogP contribution in [0.25, 0.3) is 15.9 Å². The molecule has 1 fully saturated rings. The van der Waals surface area contributed by atoms with Gasteiger partial charge in [0.05, 0.1) is 10.9 Å². The van der Waals surface area contributed by atoms with Crippen LogP contribution in [0.4, 0.5) is 0 Å². The Labute approximate surface area is 101 Å². The van der Waals surface area contributed by atoms with E-state index in [2.05, 4.69) is 10.1 Å². The summed E-state index contributed by atoms with van der Waals surface area (Å²) in [5, 5.41) is 6.07. The second-order valence-corrected chi connectivity index (χ2v) is 5.33. The molecule has 0 N–H and O–H groups in total. The molecule has 17 heavy (non-hydrogen) atoms. The summed E-state index contributed by atoms with van der Waals surface area (Å²) in [5.74, 6) is 0.559. The van der Waals surface area contributed by atoms with Crippen LogP contribution in [-0.2, 0) is 0 Å². The summed E-state index contributed by atoms with van der Waals surface area (Å²) in [6, 6.07) is 7.42. The quantitative estimate of drug-likeness (QED) is 0.658. The first-order valence-corrected chi connectivity index (χ1v) is 6.43. The van der Waals surface area contributed by atoms with Gasteiger partial charge in [-0.15, -0.1) is 0 Å². The number of rotatable bonds is 1. The van der Waals surface area contributed by atoms with Gasteiger partial charge in [0.25, 0.3) is 5.56 Å². The van der Waals surface area contributed by atoms with Crippen LogP contribution >= 0.6 is 11.3 Å². The molecule has 0 radical (unpaired) electrons. The largest absolute Gasteiger partial charge is 0.283 e. The molecular weight excluding hydrogens is 234 g/mol. The Balaban J connectivity index is 2.15. The highest BCUT2D eigenvalue weighted by Gasteiger charge is 2.28. The number of hydrogen-bond acceptors (Lipinski definition) is 4. The molecular formula is C12H9N3OS. The minimum absolute atomic E-state index is 0.0613. The summed E-state index contributed by atoms with van der Waals surface area (Å²) in [4.78, 5) is 17.4. The first kappa shape index (κ1) is 9.30. The van der Waals surface area contributed by atoms with E-state index in [0.29, 0.717) is 16.3 Å². The Hall–Kier alpha value is -1.75. The highest BCUT2D eigenvalue weighted by molar-refractivity contribution is 7.16. The maximum Gasteiger partial charge on any atom is 0.283 e. The van der Waals surface area contributed by atoms with E-state index in [9.17, 15) is 4.79 Å². The number of benzene rings is 1. The fourth-order valence-corrected chi connectivity index (χ4v) is 3.03. The average molecular weight is 243 g/mol. The lowest BCUT2D eigenvalue weighted by atomic mass is 10.2. The van der Waals surface area contributed by atoms with Crippen molar-refractivity contribution in [1.29, 1.82) is 0 Å². The van der Waals surface area contributed by atoms with Gasteiger partial charge in [0.2, 0.25) is 4.96 Å². The maximum absolute atomic E-state index is 12.2.